The Hall–Kier alpha value is -3.91. The predicted octanol–water partition coefficient (Wildman–Crippen LogP) is 3.84. The molecule has 0 aliphatic carbocycles. The first kappa shape index (κ1) is 15.6. The molecule has 4 rings (SSSR count). The summed E-state index contributed by atoms with van der Waals surface area (Å²) < 4.78 is 0.555. The van der Waals surface area contributed by atoms with E-state index in [0.29, 0.717) is 21.2 Å². The SMILES string of the molecule is N#Cc1cccc(-c2cccc(-c3cc(=O)n(O)c4ncccc34)c2)c1. The van der Waals surface area contributed by atoms with Crippen molar-refractivity contribution in [3.05, 3.63) is 88.8 Å². The maximum absolute atomic E-state index is 12.1. The predicted molar refractivity (Wildman–Crippen MR) is 98.8 cm³/mol. The average Bonchev–Trinajstić information content (AvgIpc) is 2.71. The third-order valence-electron chi connectivity index (χ3n) is 4.25. The molecule has 2 aromatic carbocycles. The van der Waals surface area contributed by atoms with Crippen molar-refractivity contribution >= 4 is 11.0 Å². The summed E-state index contributed by atoms with van der Waals surface area (Å²) in [6.07, 6.45) is 1.53. The van der Waals surface area contributed by atoms with Gasteiger partial charge < -0.3 is 5.21 Å². The van der Waals surface area contributed by atoms with Crippen LogP contribution in [-0.4, -0.2) is 14.9 Å². The second kappa shape index (κ2) is 6.19. The van der Waals surface area contributed by atoms with Crippen molar-refractivity contribution in [3.63, 3.8) is 0 Å². The van der Waals surface area contributed by atoms with Gasteiger partial charge in [0.2, 0.25) is 0 Å². The van der Waals surface area contributed by atoms with Gasteiger partial charge in [-0.25, -0.2) is 4.98 Å². The molecule has 0 spiro atoms. The lowest BCUT2D eigenvalue weighted by molar-refractivity contribution is 0.187. The monoisotopic (exact) mass is 339 g/mol. The van der Waals surface area contributed by atoms with Crippen LogP contribution in [0.2, 0.25) is 0 Å². The Morgan fingerprint density at radius 1 is 0.923 bits per heavy atom. The molecule has 2 heterocycles. The summed E-state index contributed by atoms with van der Waals surface area (Å²) in [7, 11) is 0. The summed E-state index contributed by atoms with van der Waals surface area (Å²) in [6, 6.07) is 22.2. The minimum Gasteiger partial charge on any atom is -0.423 e. The van der Waals surface area contributed by atoms with E-state index in [1.165, 1.54) is 12.3 Å². The summed E-state index contributed by atoms with van der Waals surface area (Å²) in [5, 5.41) is 19.7. The minimum atomic E-state index is -0.539. The highest BCUT2D eigenvalue weighted by Crippen LogP contribution is 2.30. The zero-order valence-electron chi connectivity index (χ0n) is 13.6. The van der Waals surface area contributed by atoms with Gasteiger partial charge in [-0.05, 0) is 52.6 Å². The van der Waals surface area contributed by atoms with E-state index < -0.39 is 5.56 Å². The van der Waals surface area contributed by atoms with Crippen LogP contribution in [0.3, 0.4) is 0 Å². The maximum atomic E-state index is 12.1. The van der Waals surface area contributed by atoms with E-state index in [9.17, 15) is 10.0 Å². The molecule has 4 aromatic rings. The van der Waals surface area contributed by atoms with Gasteiger partial charge in [0, 0.05) is 17.6 Å². The number of nitriles is 1. The Balaban J connectivity index is 1.93. The Morgan fingerprint density at radius 2 is 1.65 bits per heavy atom. The molecule has 0 saturated heterocycles. The molecule has 1 N–H and O–H groups in total. The second-order valence-corrected chi connectivity index (χ2v) is 5.86. The molecule has 0 fully saturated rings. The zero-order valence-corrected chi connectivity index (χ0v) is 13.6. The van der Waals surface area contributed by atoms with Crippen molar-refractivity contribution in [1.29, 1.82) is 5.26 Å². The molecule has 0 amide bonds. The van der Waals surface area contributed by atoms with Crippen LogP contribution in [0.1, 0.15) is 5.56 Å². The highest BCUT2D eigenvalue weighted by Gasteiger charge is 2.11. The maximum Gasteiger partial charge on any atom is 0.285 e. The van der Waals surface area contributed by atoms with Gasteiger partial charge in [0.25, 0.3) is 5.56 Å². The van der Waals surface area contributed by atoms with Gasteiger partial charge in [-0.3, -0.25) is 4.79 Å². The number of fused-ring (bicyclic) bond motifs is 1. The number of hydrogen-bond acceptors (Lipinski definition) is 4. The van der Waals surface area contributed by atoms with Gasteiger partial charge in [-0.2, -0.15) is 5.26 Å². The van der Waals surface area contributed by atoms with Crippen LogP contribution in [-0.2, 0) is 0 Å². The Kier molecular flexibility index (Phi) is 3.71. The van der Waals surface area contributed by atoms with Crippen molar-refractivity contribution in [3.8, 4) is 28.3 Å². The first-order valence-corrected chi connectivity index (χ1v) is 7.98. The van der Waals surface area contributed by atoms with Crippen LogP contribution < -0.4 is 5.56 Å². The Morgan fingerprint density at radius 3 is 2.46 bits per heavy atom. The molecule has 0 unspecified atom stereocenters. The molecule has 5 heteroatoms. The van der Waals surface area contributed by atoms with E-state index >= 15 is 0 Å². The van der Waals surface area contributed by atoms with Gasteiger partial charge in [-0.1, -0.05) is 30.3 Å². The lowest BCUT2D eigenvalue weighted by Gasteiger charge is -2.10. The number of benzene rings is 2. The number of rotatable bonds is 2. The Labute approximate surface area is 149 Å². The fourth-order valence-electron chi connectivity index (χ4n) is 3.02. The quantitative estimate of drug-likeness (QED) is 0.563. The lowest BCUT2D eigenvalue weighted by Crippen LogP contribution is -2.18. The van der Waals surface area contributed by atoms with E-state index in [2.05, 4.69) is 11.1 Å². The standard InChI is InChI=1S/C21H13N3O2/c22-13-14-4-1-5-15(10-14)16-6-2-7-17(11-16)19-12-20(25)24(26)21-18(19)8-3-9-23-21/h1-12,26H. The third-order valence-corrected chi connectivity index (χ3v) is 4.25. The van der Waals surface area contributed by atoms with Crippen LogP contribution in [0, 0.1) is 11.3 Å². The highest BCUT2D eigenvalue weighted by atomic mass is 16.5. The molecule has 124 valence electrons. The van der Waals surface area contributed by atoms with Crippen LogP contribution in [0.5, 0.6) is 0 Å². The largest absolute Gasteiger partial charge is 0.423 e. The van der Waals surface area contributed by atoms with Gasteiger partial charge >= 0.3 is 0 Å². The van der Waals surface area contributed by atoms with Crippen LogP contribution in [0.4, 0.5) is 0 Å². The number of aromatic nitrogens is 2. The lowest BCUT2D eigenvalue weighted by atomic mass is 9.97. The Bertz CT molecular complexity index is 1240. The van der Waals surface area contributed by atoms with Crippen LogP contribution in [0.25, 0.3) is 33.3 Å². The van der Waals surface area contributed by atoms with Crippen molar-refractivity contribution in [2.24, 2.45) is 0 Å². The fourth-order valence-corrected chi connectivity index (χ4v) is 3.02. The molecule has 0 radical (unpaired) electrons. The van der Waals surface area contributed by atoms with Gasteiger partial charge in [-0.15, -0.1) is 4.73 Å². The third kappa shape index (κ3) is 2.60. The first-order chi connectivity index (χ1) is 12.7. The van der Waals surface area contributed by atoms with E-state index in [4.69, 9.17) is 5.26 Å². The number of hydrogen-bond donors (Lipinski definition) is 1. The summed E-state index contributed by atoms with van der Waals surface area (Å²) in [5.74, 6) is 0. The topological polar surface area (TPSA) is 78.9 Å². The molecule has 5 nitrogen and oxygen atoms in total. The molecule has 0 aliphatic rings. The summed E-state index contributed by atoms with van der Waals surface area (Å²) in [5.41, 5.74) is 3.65. The summed E-state index contributed by atoms with van der Waals surface area (Å²) >= 11 is 0. The zero-order chi connectivity index (χ0) is 18.1. The first-order valence-electron chi connectivity index (χ1n) is 7.98. The summed E-state index contributed by atoms with van der Waals surface area (Å²) in [6.45, 7) is 0. The molecule has 2 aromatic heterocycles. The molecule has 0 aliphatic heterocycles. The second-order valence-electron chi connectivity index (χ2n) is 5.86. The smallest absolute Gasteiger partial charge is 0.285 e. The molecular formula is C21H13N3O2. The highest BCUT2D eigenvalue weighted by molar-refractivity contribution is 5.93. The normalized spacial score (nSPS) is 10.6. The van der Waals surface area contributed by atoms with Crippen LogP contribution >= 0.6 is 0 Å². The van der Waals surface area contributed by atoms with Crippen molar-refractivity contribution in [1.82, 2.24) is 9.71 Å². The summed E-state index contributed by atoms with van der Waals surface area (Å²) in [4.78, 5) is 16.2. The number of nitrogens with zero attached hydrogens (tertiary/aromatic N) is 3. The molecule has 0 bridgehead atoms. The van der Waals surface area contributed by atoms with Crippen molar-refractivity contribution < 1.29 is 5.21 Å². The molecule has 0 saturated carbocycles. The van der Waals surface area contributed by atoms with Crippen molar-refractivity contribution in [2.75, 3.05) is 0 Å². The van der Waals surface area contributed by atoms with Crippen molar-refractivity contribution in [2.45, 2.75) is 0 Å². The average molecular weight is 339 g/mol. The molecular weight excluding hydrogens is 326 g/mol. The van der Waals surface area contributed by atoms with E-state index in [1.807, 2.05) is 48.5 Å². The number of pyridine rings is 2. The minimum absolute atomic E-state index is 0.215. The van der Waals surface area contributed by atoms with Gasteiger partial charge in [0.05, 0.1) is 11.6 Å². The van der Waals surface area contributed by atoms with E-state index in [0.717, 1.165) is 16.7 Å². The fraction of sp³-hybridized carbons (Fsp3) is 0. The molecule has 26 heavy (non-hydrogen) atoms. The van der Waals surface area contributed by atoms with Gasteiger partial charge in [0.15, 0.2) is 5.65 Å². The molecule has 0 atom stereocenters. The van der Waals surface area contributed by atoms with Crippen LogP contribution in [0.15, 0.2) is 77.7 Å². The van der Waals surface area contributed by atoms with E-state index in [1.54, 1.807) is 12.1 Å². The van der Waals surface area contributed by atoms with Gasteiger partial charge in [0.1, 0.15) is 0 Å². The van der Waals surface area contributed by atoms with E-state index in [-0.39, 0.29) is 5.65 Å².